The smallest absolute Gasteiger partial charge is 0.213 e. The summed E-state index contributed by atoms with van der Waals surface area (Å²) in [6.07, 6.45) is 2.88. The summed E-state index contributed by atoms with van der Waals surface area (Å²) in [5.74, 6) is 1.97. The molecule has 8 heteroatoms. The molecule has 0 radical (unpaired) electrons. The lowest BCUT2D eigenvalue weighted by molar-refractivity contribution is 0.143. The largest absolute Gasteiger partial charge is 0.475 e. The molecule has 2 aromatic heterocycles. The molecule has 2 N–H and O–H groups in total. The molecule has 0 aliphatic heterocycles. The van der Waals surface area contributed by atoms with Gasteiger partial charge in [-0.05, 0) is 36.3 Å². The van der Waals surface area contributed by atoms with Crippen LogP contribution in [0.15, 0.2) is 40.8 Å². The van der Waals surface area contributed by atoms with E-state index in [0.29, 0.717) is 31.6 Å². The van der Waals surface area contributed by atoms with Crippen LogP contribution in [0.3, 0.4) is 0 Å². The van der Waals surface area contributed by atoms with E-state index in [9.17, 15) is 0 Å². The molecule has 0 bridgehead atoms. The standard InChI is InChI=1S/C20H30N4O2S.HI/c1-4-21-20(23-13-16(2)12-18-6-5-11-27-18)24-15-17-7-8-19(22-14-17)26-10-9-25-3;/h5-8,11,14,16H,4,9-10,12-13,15H2,1-3H3,(H2,21,23,24);1H. The number of nitrogens with one attached hydrogen (secondary N) is 2. The van der Waals surface area contributed by atoms with Crippen LogP contribution >= 0.6 is 35.3 Å². The lowest BCUT2D eigenvalue weighted by Gasteiger charge is -2.15. The SMILES string of the molecule is CCNC(=NCc1ccc(OCCOC)nc1)NCC(C)Cc1cccs1.I. The first-order valence-corrected chi connectivity index (χ1v) is 10.2. The predicted molar refractivity (Wildman–Crippen MR) is 127 cm³/mol. The molecule has 0 aliphatic rings. The summed E-state index contributed by atoms with van der Waals surface area (Å²) in [6, 6.07) is 8.15. The van der Waals surface area contributed by atoms with E-state index in [-0.39, 0.29) is 24.0 Å². The van der Waals surface area contributed by atoms with Gasteiger partial charge in [0.05, 0.1) is 13.2 Å². The molecule has 6 nitrogen and oxygen atoms in total. The first kappa shape index (κ1) is 24.6. The fourth-order valence-electron chi connectivity index (χ4n) is 2.45. The topological polar surface area (TPSA) is 67.8 Å². The summed E-state index contributed by atoms with van der Waals surface area (Å²) in [4.78, 5) is 10.4. The molecule has 0 aliphatic carbocycles. The second kappa shape index (κ2) is 14.6. The van der Waals surface area contributed by atoms with Crippen molar-refractivity contribution in [2.45, 2.75) is 26.8 Å². The molecule has 0 amide bonds. The Kier molecular flexibility index (Phi) is 12.8. The molecule has 0 saturated carbocycles. The minimum atomic E-state index is 0. The predicted octanol–water partition coefficient (Wildman–Crippen LogP) is 3.72. The average molecular weight is 518 g/mol. The summed E-state index contributed by atoms with van der Waals surface area (Å²) in [7, 11) is 1.65. The zero-order chi connectivity index (χ0) is 19.3. The van der Waals surface area contributed by atoms with E-state index in [2.05, 4.69) is 52.0 Å². The highest BCUT2D eigenvalue weighted by molar-refractivity contribution is 14.0. The van der Waals surface area contributed by atoms with Crippen LogP contribution in [0.25, 0.3) is 0 Å². The average Bonchev–Trinajstić information content (AvgIpc) is 3.18. The van der Waals surface area contributed by atoms with Crippen LogP contribution in [0.1, 0.15) is 24.3 Å². The summed E-state index contributed by atoms with van der Waals surface area (Å²) in [6.45, 7) is 7.65. The molecule has 1 atom stereocenters. The number of ether oxygens (including phenoxy) is 2. The number of hydrogen-bond donors (Lipinski definition) is 2. The number of thiophene rings is 1. The fourth-order valence-corrected chi connectivity index (χ4v) is 3.32. The Labute approximate surface area is 189 Å². The lowest BCUT2D eigenvalue weighted by Crippen LogP contribution is -2.39. The van der Waals surface area contributed by atoms with Gasteiger partial charge in [0.25, 0.3) is 0 Å². The molecule has 0 aromatic carbocycles. The molecule has 2 rings (SSSR count). The van der Waals surface area contributed by atoms with Gasteiger partial charge in [0, 0.05) is 37.3 Å². The van der Waals surface area contributed by atoms with Crippen molar-refractivity contribution >= 4 is 41.3 Å². The highest BCUT2D eigenvalue weighted by Gasteiger charge is 2.06. The number of halogens is 1. The highest BCUT2D eigenvalue weighted by Crippen LogP contribution is 2.13. The third kappa shape index (κ3) is 9.70. The van der Waals surface area contributed by atoms with Crippen molar-refractivity contribution in [1.29, 1.82) is 0 Å². The number of hydrogen-bond acceptors (Lipinski definition) is 5. The van der Waals surface area contributed by atoms with E-state index < -0.39 is 0 Å². The Bertz CT molecular complexity index is 665. The molecular formula is C20H31IN4O2S. The quantitative estimate of drug-likeness (QED) is 0.206. The third-order valence-corrected chi connectivity index (χ3v) is 4.75. The number of rotatable bonds is 11. The molecule has 0 fully saturated rings. The molecule has 2 heterocycles. The minimum Gasteiger partial charge on any atom is -0.475 e. The van der Waals surface area contributed by atoms with Crippen LogP contribution in [0.5, 0.6) is 5.88 Å². The zero-order valence-electron chi connectivity index (χ0n) is 16.8. The van der Waals surface area contributed by atoms with Crippen LogP contribution < -0.4 is 15.4 Å². The van der Waals surface area contributed by atoms with Gasteiger partial charge in [0.1, 0.15) is 6.61 Å². The van der Waals surface area contributed by atoms with Crippen molar-refractivity contribution in [2.24, 2.45) is 10.9 Å². The number of guanidine groups is 1. The number of nitrogens with zero attached hydrogens (tertiary/aromatic N) is 2. The van der Waals surface area contributed by atoms with Gasteiger partial charge in [-0.2, -0.15) is 0 Å². The number of pyridine rings is 1. The van der Waals surface area contributed by atoms with Gasteiger partial charge in [0.15, 0.2) is 5.96 Å². The van der Waals surface area contributed by atoms with E-state index in [1.165, 1.54) is 4.88 Å². The fraction of sp³-hybridized carbons (Fsp3) is 0.500. The maximum Gasteiger partial charge on any atom is 0.213 e. The Hall–Kier alpha value is -1.39. The second-order valence-corrected chi connectivity index (χ2v) is 7.34. The van der Waals surface area contributed by atoms with Crippen molar-refractivity contribution in [2.75, 3.05) is 33.4 Å². The number of aliphatic imine (C=N–C) groups is 1. The van der Waals surface area contributed by atoms with Crippen molar-refractivity contribution < 1.29 is 9.47 Å². The van der Waals surface area contributed by atoms with Gasteiger partial charge in [-0.3, -0.25) is 0 Å². The van der Waals surface area contributed by atoms with E-state index in [4.69, 9.17) is 9.47 Å². The lowest BCUT2D eigenvalue weighted by atomic mass is 10.1. The first-order chi connectivity index (χ1) is 13.2. The molecule has 28 heavy (non-hydrogen) atoms. The van der Waals surface area contributed by atoms with E-state index in [1.807, 2.05) is 23.5 Å². The van der Waals surface area contributed by atoms with Crippen molar-refractivity contribution in [3.8, 4) is 5.88 Å². The summed E-state index contributed by atoms with van der Waals surface area (Å²) < 4.78 is 10.4. The molecule has 0 saturated heterocycles. The summed E-state index contributed by atoms with van der Waals surface area (Å²) in [5.41, 5.74) is 1.04. The maximum absolute atomic E-state index is 5.48. The van der Waals surface area contributed by atoms with Gasteiger partial charge < -0.3 is 20.1 Å². The van der Waals surface area contributed by atoms with Crippen LogP contribution in [0, 0.1) is 5.92 Å². The Balaban J connectivity index is 0.00000392. The number of aromatic nitrogens is 1. The van der Waals surface area contributed by atoms with Crippen LogP contribution in [0.4, 0.5) is 0 Å². The molecule has 156 valence electrons. The monoisotopic (exact) mass is 518 g/mol. The van der Waals surface area contributed by atoms with Crippen LogP contribution in [0.2, 0.25) is 0 Å². The van der Waals surface area contributed by atoms with E-state index in [0.717, 1.165) is 31.0 Å². The van der Waals surface area contributed by atoms with Gasteiger partial charge in [-0.25, -0.2) is 9.98 Å². The summed E-state index contributed by atoms with van der Waals surface area (Å²) >= 11 is 1.81. The van der Waals surface area contributed by atoms with Crippen molar-refractivity contribution in [1.82, 2.24) is 15.6 Å². The normalized spacial score (nSPS) is 12.2. The Morgan fingerprint density at radius 3 is 2.75 bits per heavy atom. The molecule has 0 spiro atoms. The Morgan fingerprint density at radius 2 is 2.11 bits per heavy atom. The molecule has 1 unspecified atom stereocenters. The molecule has 2 aromatic rings. The zero-order valence-corrected chi connectivity index (χ0v) is 20.0. The van der Waals surface area contributed by atoms with Crippen molar-refractivity contribution in [3.05, 3.63) is 46.3 Å². The second-order valence-electron chi connectivity index (χ2n) is 6.31. The van der Waals surface area contributed by atoms with E-state index >= 15 is 0 Å². The van der Waals surface area contributed by atoms with Crippen molar-refractivity contribution in [3.63, 3.8) is 0 Å². The first-order valence-electron chi connectivity index (χ1n) is 9.32. The number of methoxy groups -OCH3 is 1. The van der Waals surface area contributed by atoms with Crippen LogP contribution in [-0.2, 0) is 17.7 Å². The van der Waals surface area contributed by atoms with Gasteiger partial charge >= 0.3 is 0 Å². The third-order valence-electron chi connectivity index (χ3n) is 3.85. The van der Waals surface area contributed by atoms with Gasteiger partial charge in [-0.15, -0.1) is 35.3 Å². The van der Waals surface area contributed by atoms with Gasteiger partial charge in [0.2, 0.25) is 5.88 Å². The highest BCUT2D eigenvalue weighted by atomic mass is 127. The minimum absolute atomic E-state index is 0. The maximum atomic E-state index is 5.48. The van der Waals surface area contributed by atoms with Gasteiger partial charge in [-0.1, -0.05) is 19.1 Å². The Morgan fingerprint density at radius 1 is 1.25 bits per heavy atom. The van der Waals surface area contributed by atoms with E-state index in [1.54, 1.807) is 13.3 Å². The molecular weight excluding hydrogens is 487 g/mol. The van der Waals surface area contributed by atoms with Crippen LogP contribution in [-0.4, -0.2) is 44.4 Å². The summed E-state index contributed by atoms with van der Waals surface area (Å²) in [5, 5.41) is 8.86.